The molecular formula is C18H15Cl2N5O5S3. The summed E-state index contributed by atoms with van der Waals surface area (Å²) in [6, 6.07) is -1.99. The first kappa shape index (κ1) is 24.1. The van der Waals surface area contributed by atoms with E-state index in [1.807, 2.05) is 6.92 Å². The number of aromatic nitrogens is 3. The highest BCUT2D eigenvalue weighted by Crippen LogP contribution is 2.41. The molecule has 0 saturated carbocycles. The molecule has 4 heterocycles. The van der Waals surface area contributed by atoms with Crippen LogP contribution in [0.2, 0.25) is 10.0 Å². The van der Waals surface area contributed by atoms with Gasteiger partial charge < -0.3 is 19.9 Å². The summed E-state index contributed by atoms with van der Waals surface area (Å²) in [5, 5.41) is 22.1. The van der Waals surface area contributed by atoms with Crippen LogP contribution in [0, 0.1) is 6.92 Å². The second kappa shape index (κ2) is 9.66. The van der Waals surface area contributed by atoms with Crippen molar-refractivity contribution in [2.24, 2.45) is 0 Å². The molecule has 2 N–H and O–H groups in total. The van der Waals surface area contributed by atoms with Gasteiger partial charge in [0.05, 0.1) is 0 Å². The lowest BCUT2D eigenvalue weighted by atomic mass is 9.99. The minimum Gasteiger partial charge on any atom is -0.479 e. The maximum Gasteiger partial charge on any atom is 0.330 e. The first-order valence-electron chi connectivity index (χ1n) is 9.32. The maximum absolute atomic E-state index is 12.8. The molecule has 15 heteroatoms. The summed E-state index contributed by atoms with van der Waals surface area (Å²) >= 11 is 15.6. The molecule has 2 aromatic heterocycles. The number of hydrogen-bond donors (Lipinski definition) is 2. The number of carboxylic acid groups (broad SMARTS) is 1. The van der Waals surface area contributed by atoms with Crippen LogP contribution in [0.25, 0.3) is 0 Å². The number of aliphatic carboxylic acids is 1. The minimum absolute atomic E-state index is 0.132. The maximum atomic E-state index is 12.8. The van der Waals surface area contributed by atoms with Crippen molar-refractivity contribution in [2.45, 2.75) is 35.3 Å². The van der Waals surface area contributed by atoms with E-state index in [4.69, 9.17) is 23.2 Å². The van der Waals surface area contributed by atoms with Gasteiger partial charge >= 0.3 is 5.97 Å². The van der Waals surface area contributed by atoms with Gasteiger partial charge in [0.25, 0.3) is 0 Å². The molecule has 33 heavy (non-hydrogen) atoms. The number of carbonyl (C=O) groups excluding carboxylic acids is 2. The van der Waals surface area contributed by atoms with E-state index in [1.165, 1.54) is 56.7 Å². The summed E-state index contributed by atoms with van der Waals surface area (Å²) in [5.41, 5.74) is 0.0254. The van der Waals surface area contributed by atoms with Crippen LogP contribution in [-0.4, -0.2) is 65.8 Å². The van der Waals surface area contributed by atoms with Gasteiger partial charge in [-0.3, -0.25) is 14.4 Å². The number of pyridine rings is 1. The normalized spacial score (nSPS) is 21.8. The molecule has 2 amide bonds. The van der Waals surface area contributed by atoms with Crippen LogP contribution in [0.15, 0.2) is 32.5 Å². The molecule has 1 saturated heterocycles. The van der Waals surface area contributed by atoms with Crippen LogP contribution in [0.4, 0.5) is 0 Å². The summed E-state index contributed by atoms with van der Waals surface area (Å²) in [6.07, 6.45) is 2.54. The monoisotopic (exact) mass is 547 g/mol. The Morgan fingerprint density at radius 2 is 1.94 bits per heavy atom. The number of halogens is 2. The number of β-lactam (4-membered cyclic amide) rings is 1. The van der Waals surface area contributed by atoms with E-state index >= 15 is 0 Å². The van der Waals surface area contributed by atoms with E-state index in [9.17, 15) is 24.3 Å². The number of carbonyl (C=O) groups is 3. The lowest BCUT2D eigenvalue weighted by molar-refractivity contribution is -0.160. The third-order valence-corrected chi connectivity index (χ3v) is 8.61. The fourth-order valence-electron chi connectivity index (χ4n) is 3.35. The minimum atomic E-state index is -1.14. The molecule has 3 atom stereocenters. The highest BCUT2D eigenvalue weighted by Gasteiger charge is 2.55. The zero-order valence-electron chi connectivity index (χ0n) is 16.7. The summed E-state index contributed by atoms with van der Waals surface area (Å²) in [5.74, 6) is -1.78. The molecule has 4 rings (SSSR count). The van der Waals surface area contributed by atoms with Crippen molar-refractivity contribution >= 4 is 75.8 Å². The summed E-state index contributed by atoms with van der Waals surface area (Å²) < 4.78 is 2.05. The van der Waals surface area contributed by atoms with E-state index in [2.05, 4.69) is 15.5 Å². The Morgan fingerprint density at radius 1 is 1.24 bits per heavy atom. The molecule has 1 fully saturated rings. The number of carboxylic acids is 1. The van der Waals surface area contributed by atoms with Crippen LogP contribution in [0.3, 0.4) is 0 Å². The lowest BCUT2D eigenvalue weighted by Gasteiger charge is -2.51. The zero-order chi connectivity index (χ0) is 23.9. The topological polar surface area (TPSA) is 134 Å². The van der Waals surface area contributed by atoms with Crippen LogP contribution in [0.5, 0.6) is 0 Å². The van der Waals surface area contributed by atoms with Gasteiger partial charge in [-0.1, -0.05) is 46.3 Å². The van der Waals surface area contributed by atoms with E-state index in [0.717, 1.165) is 5.01 Å². The van der Waals surface area contributed by atoms with Crippen molar-refractivity contribution in [3.05, 3.63) is 48.7 Å². The summed E-state index contributed by atoms with van der Waals surface area (Å²) in [4.78, 5) is 50.0. The van der Waals surface area contributed by atoms with Crippen molar-refractivity contribution in [2.75, 3.05) is 5.75 Å². The Labute approximate surface area is 209 Å². The molecular weight excluding hydrogens is 533 g/mol. The summed E-state index contributed by atoms with van der Waals surface area (Å²) in [6.45, 7) is 1.61. The zero-order valence-corrected chi connectivity index (χ0v) is 20.7. The third kappa shape index (κ3) is 4.92. The predicted molar refractivity (Wildman–Crippen MR) is 126 cm³/mol. The number of rotatable bonds is 7. The van der Waals surface area contributed by atoms with Crippen molar-refractivity contribution in [1.82, 2.24) is 25.0 Å². The van der Waals surface area contributed by atoms with E-state index < -0.39 is 40.7 Å². The molecule has 1 unspecified atom stereocenters. The fourth-order valence-corrected chi connectivity index (χ4v) is 7.00. The van der Waals surface area contributed by atoms with Crippen LogP contribution >= 0.6 is 58.1 Å². The molecule has 0 aromatic carbocycles. The van der Waals surface area contributed by atoms with Gasteiger partial charge in [0.1, 0.15) is 33.0 Å². The van der Waals surface area contributed by atoms with Crippen LogP contribution in [0.1, 0.15) is 5.01 Å². The standard InChI is InChI=1S/C18H15Cl2N5O5S3/c1-7-22-23-18(33-7)32-6-8-5-31-16-12(15(28)25(16)13(8)17(29)30)21-11(26)4-24-2-9(19)14(27)10(20)3-24/h2-3,5,12-13,16H,4,6H2,1H3,(H,21,26)(H,29,30)/t12-,13?,16-/m1/s1. The van der Waals surface area contributed by atoms with Crippen molar-refractivity contribution < 1.29 is 19.5 Å². The number of amides is 2. The van der Waals surface area contributed by atoms with E-state index in [1.54, 1.807) is 5.41 Å². The number of nitrogens with zero attached hydrogens (tertiary/aromatic N) is 4. The highest BCUT2D eigenvalue weighted by atomic mass is 35.5. The number of aryl methyl sites for hydroxylation is 1. The predicted octanol–water partition coefficient (Wildman–Crippen LogP) is 1.84. The highest BCUT2D eigenvalue weighted by molar-refractivity contribution is 8.03. The smallest absolute Gasteiger partial charge is 0.330 e. The Balaban J connectivity index is 1.42. The van der Waals surface area contributed by atoms with E-state index in [0.29, 0.717) is 15.7 Å². The van der Waals surface area contributed by atoms with Crippen molar-refractivity contribution in [1.29, 1.82) is 0 Å². The Hall–Kier alpha value is -2.06. The second-order valence-electron chi connectivity index (χ2n) is 7.08. The van der Waals surface area contributed by atoms with Gasteiger partial charge in [0.2, 0.25) is 17.2 Å². The molecule has 2 aromatic rings. The number of fused-ring (bicyclic) bond motifs is 1. The molecule has 2 aliphatic rings. The Bertz CT molecular complexity index is 1210. The quantitative estimate of drug-likeness (QED) is 0.393. The average Bonchev–Trinajstić information content (AvgIpc) is 3.18. The lowest BCUT2D eigenvalue weighted by Crippen LogP contribution is -2.74. The first-order chi connectivity index (χ1) is 15.7. The van der Waals surface area contributed by atoms with Gasteiger partial charge in [-0.15, -0.1) is 22.0 Å². The molecule has 174 valence electrons. The van der Waals surface area contributed by atoms with Gasteiger partial charge in [-0.25, -0.2) is 4.79 Å². The van der Waals surface area contributed by atoms with Gasteiger partial charge in [-0.05, 0) is 17.9 Å². The largest absolute Gasteiger partial charge is 0.479 e. The van der Waals surface area contributed by atoms with Crippen molar-refractivity contribution in [3.8, 4) is 0 Å². The number of thioether (sulfide) groups is 2. The SMILES string of the molecule is Cc1nnc(SCC2=CS[C@@H]3[C@H](NC(=O)Cn4cc(Cl)c(=O)c(Cl)c4)C(=O)N3C2C(=O)O)s1. The van der Waals surface area contributed by atoms with Crippen LogP contribution in [-0.2, 0) is 20.9 Å². The van der Waals surface area contributed by atoms with E-state index in [-0.39, 0.29) is 16.6 Å². The Morgan fingerprint density at radius 3 is 2.55 bits per heavy atom. The molecule has 0 radical (unpaired) electrons. The molecule has 0 aliphatic carbocycles. The summed E-state index contributed by atoms with van der Waals surface area (Å²) in [7, 11) is 0. The molecule has 0 spiro atoms. The Kier molecular flexibility index (Phi) is 7.05. The van der Waals surface area contributed by atoms with Gasteiger partial charge in [0.15, 0.2) is 10.4 Å². The molecule has 10 nitrogen and oxygen atoms in total. The third-order valence-electron chi connectivity index (χ3n) is 4.81. The molecule has 0 bridgehead atoms. The van der Waals surface area contributed by atoms with Crippen LogP contribution < -0.4 is 10.7 Å². The molecule has 2 aliphatic heterocycles. The van der Waals surface area contributed by atoms with Crippen molar-refractivity contribution in [3.63, 3.8) is 0 Å². The fraction of sp³-hybridized carbons (Fsp3) is 0.333. The second-order valence-corrected chi connectivity index (χ2v) is 11.3. The first-order valence-corrected chi connectivity index (χ1v) is 12.8. The average molecular weight is 548 g/mol. The van der Waals surface area contributed by atoms with Gasteiger partial charge in [0, 0.05) is 18.1 Å². The number of nitrogens with one attached hydrogen (secondary N) is 1. The number of hydrogen-bond acceptors (Lipinski definition) is 9. The van der Waals surface area contributed by atoms with Gasteiger partial charge in [-0.2, -0.15) is 0 Å².